The van der Waals surface area contributed by atoms with Crippen molar-refractivity contribution >= 4 is 0 Å². The first kappa shape index (κ1) is 82.4. The molecule has 4 aliphatic rings. The summed E-state index contributed by atoms with van der Waals surface area (Å²) in [5.74, 6) is -36.4. The predicted molar refractivity (Wildman–Crippen MR) is 231 cm³/mol. The molecular formula is C48H56F36O7. The first-order valence-electron chi connectivity index (χ1n) is 25.9. The molecule has 43 heteroatoms. The quantitative estimate of drug-likeness (QED) is 0.102. The highest BCUT2D eigenvalue weighted by Gasteiger charge is 2.87. The zero-order valence-corrected chi connectivity index (χ0v) is 47.5. The Bertz CT molecular complexity index is 2300. The molecule has 91 heavy (non-hydrogen) atoms. The summed E-state index contributed by atoms with van der Waals surface area (Å²) in [4.78, 5) is 0. The maximum absolute atomic E-state index is 14.7. The fraction of sp³-hybridized carbons (Fsp3) is 1.00. The zero-order valence-electron chi connectivity index (χ0n) is 47.5. The van der Waals surface area contributed by atoms with Crippen LogP contribution in [-0.4, -0.2) is 143 Å². The van der Waals surface area contributed by atoms with Crippen molar-refractivity contribution in [2.45, 2.75) is 164 Å². The van der Waals surface area contributed by atoms with Crippen LogP contribution in [0.5, 0.6) is 0 Å². The fourth-order valence-corrected chi connectivity index (χ4v) is 14.7. The molecule has 0 heterocycles. The molecule has 7 nitrogen and oxygen atoms in total. The summed E-state index contributed by atoms with van der Waals surface area (Å²) in [6.07, 6.45) is -89.3. The third kappa shape index (κ3) is 13.5. The van der Waals surface area contributed by atoms with Gasteiger partial charge in [-0.25, -0.2) is 0 Å². The highest BCUT2D eigenvalue weighted by molar-refractivity contribution is 5.22. The Hall–Kier alpha value is -2.80. The lowest BCUT2D eigenvalue weighted by molar-refractivity contribution is -0.414. The molecule has 0 aromatic rings. The lowest BCUT2D eigenvalue weighted by Crippen LogP contribution is -2.65. The van der Waals surface area contributed by atoms with E-state index < -0.39 is 250 Å². The van der Waals surface area contributed by atoms with Crippen molar-refractivity contribution in [2.24, 2.45) is 93.7 Å². The van der Waals surface area contributed by atoms with Gasteiger partial charge in [0.1, 0.15) is 20.4 Å². The van der Waals surface area contributed by atoms with Gasteiger partial charge in [0.15, 0.2) is 10.8 Å². The topological polar surface area (TPSA) is 75.6 Å². The van der Waals surface area contributed by atoms with Crippen molar-refractivity contribution in [3.05, 3.63) is 0 Å². The molecule has 0 saturated heterocycles. The Morgan fingerprint density at radius 3 is 0.670 bits per heavy atom. The molecule has 0 radical (unpaired) electrons. The molecule has 542 valence electrons. The molecule has 0 aliphatic heterocycles. The SMILES string of the molecule is COCOC(CC1C(CC(C)(C(F)(F)F)C(F)(F)F)C2C(C)C(C)C1C2C(O)(C(F)(F)F)C(F)(F)F)(C(F)(F)F)C(F)(F)F.COCOC(CC1C(CC(C)(C(F)(F)F)C(F)(F)F)C2C(C)C(C)C1C2C(OCOC)(C(F)(F)F)C(F)(F)F)(C(F)(F)F)C(F)(F)F. The van der Waals surface area contributed by atoms with Crippen LogP contribution in [0.3, 0.4) is 0 Å². The molecule has 0 aromatic carbocycles. The van der Waals surface area contributed by atoms with Crippen LogP contribution in [0.25, 0.3) is 0 Å². The lowest BCUT2D eigenvalue weighted by atomic mass is 9.62. The maximum atomic E-state index is 14.7. The van der Waals surface area contributed by atoms with Gasteiger partial charge in [-0.2, -0.15) is 158 Å². The van der Waals surface area contributed by atoms with Crippen molar-refractivity contribution in [3.8, 4) is 0 Å². The third-order valence-corrected chi connectivity index (χ3v) is 19.4. The Morgan fingerprint density at radius 1 is 0.275 bits per heavy atom. The lowest BCUT2D eigenvalue weighted by Gasteiger charge is -2.47. The van der Waals surface area contributed by atoms with Crippen molar-refractivity contribution in [1.29, 1.82) is 0 Å². The number of ether oxygens (including phenoxy) is 6. The number of hydrogen-bond acceptors (Lipinski definition) is 7. The van der Waals surface area contributed by atoms with Gasteiger partial charge in [-0.3, -0.25) is 0 Å². The summed E-state index contributed by atoms with van der Waals surface area (Å²) in [6, 6.07) is 0. The fourth-order valence-electron chi connectivity index (χ4n) is 14.7. The summed E-state index contributed by atoms with van der Waals surface area (Å²) in [7, 11) is 1.59. The average molecular weight is 1430 g/mol. The Labute approximate surface area is 490 Å². The van der Waals surface area contributed by atoms with E-state index in [1.54, 1.807) is 0 Å². The van der Waals surface area contributed by atoms with Crippen LogP contribution in [0, 0.1) is 93.7 Å². The number of hydrogen-bond donors (Lipinski definition) is 1. The van der Waals surface area contributed by atoms with Gasteiger partial charge >= 0.3 is 74.1 Å². The molecular weight excluding hydrogens is 1370 g/mol. The molecule has 4 fully saturated rings. The molecule has 4 aliphatic carbocycles. The van der Waals surface area contributed by atoms with Crippen LogP contribution < -0.4 is 0 Å². The molecule has 4 bridgehead atoms. The van der Waals surface area contributed by atoms with Crippen LogP contribution in [0.15, 0.2) is 0 Å². The van der Waals surface area contributed by atoms with Crippen molar-refractivity contribution in [1.82, 2.24) is 0 Å². The number of alkyl halides is 36. The van der Waals surface area contributed by atoms with E-state index in [0.29, 0.717) is 21.3 Å². The average Bonchev–Trinajstić information content (AvgIpc) is 1.53. The van der Waals surface area contributed by atoms with Crippen LogP contribution in [0.4, 0.5) is 158 Å². The van der Waals surface area contributed by atoms with E-state index in [1.165, 1.54) is 0 Å². The molecule has 14 atom stereocenters. The number of fused-ring (bicyclic) bond motifs is 4. The summed E-state index contributed by atoms with van der Waals surface area (Å²) in [5.41, 5.74) is -32.5. The van der Waals surface area contributed by atoms with E-state index in [9.17, 15) is 163 Å². The van der Waals surface area contributed by atoms with Crippen LogP contribution in [-0.2, 0) is 28.4 Å². The van der Waals surface area contributed by atoms with Crippen LogP contribution in [0.1, 0.15) is 67.2 Å². The van der Waals surface area contributed by atoms with Crippen molar-refractivity contribution in [3.63, 3.8) is 0 Å². The van der Waals surface area contributed by atoms with Crippen molar-refractivity contribution in [2.75, 3.05) is 41.7 Å². The van der Waals surface area contributed by atoms with Gasteiger partial charge < -0.3 is 33.5 Å². The summed E-state index contributed by atoms with van der Waals surface area (Å²) in [5, 5.41) is 10.2. The second-order valence-corrected chi connectivity index (χ2v) is 23.7. The number of aliphatic hydroxyl groups is 1. The Kier molecular flexibility index (Phi) is 22.9. The Morgan fingerprint density at radius 2 is 0.484 bits per heavy atom. The van der Waals surface area contributed by atoms with Gasteiger partial charge in [-0.05, 0) is 111 Å². The monoisotopic (exact) mass is 1430 g/mol. The summed E-state index contributed by atoms with van der Waals surface area (Å²) < 4.78 is 535. The molecule has 14 unspecified atom stereocenters. The zero-order chi connectivity index (χ0) is 72.3. The highest BCUT2D eigenvalue weighted by Crippen LogP contribution is 2.76. The minimum absolute atomic E-state index is 0.516. The number of halogens is 36. The second-order valence-electron chi connectivity index (χ2n) is 23.7. The molecule has 0 aromatic heterocycles. The molecule has 1 N–H and O–H groups in total. The van der Waals surface area contributed by atoms with Gasteiger partial charge in [0.25, 0.3) is 22.4 Å². The summed E-state index contributed by atoms with van der Waals surface area (Å²) in [6.45, 7) is -3.46. The van der Waals surface area contributed by atoms with Crippen molar-refractivity contribution < 1.29 is 192 Å². The largest absolute Gasteiger partial charge is 0.426 e. The summed E-state index contributed by atoms with van der Waals surface area (Å²) >= 11 is 0. The predicted octanol–water partition coefficient (Wildman–Crippen LogP) is 17.9. The van der Waals surface area contributed by atoms with E-state index in [0.717, 1.165) is 27.7 Å². The van der Waals surface area contributed by atoms with Gasteiger partial charge in [-0.1, -0.05) is 27.7 Å². The standard InChI is InChI=1S/C25H30F18O4.C23H26F18O3/c1-10-11(2)15-13(7-18(22(32,33)34,23(35,36)37)46-8-44-4)12(6-17(3,20(26,27)28)21(29,30)31)14(10)16(15)19(24(38,39)40,25(41,42)43)47-9-45-5;1-8-9(2)13-11(6-16(20(30,31)32,21(33,34)35)44-7-43-4)10(5-15(3,18(24,25)26)19(27,28)29)12(8)14(13)17(42,22(36,37)38)23(39,40)41/h10-16H,6-9H2,1-5H3;8-14,42H,5-7H2,1-4H3. The van der Waals surface area contributed by atoms with Crippen LogP contribution >= 0.6 is 0 Å². The van der Waals surface area contributed by atoms with E-state index in [-0.39, 0.29) is 0 Å². The maximum Gasteiger partial charge on any atom is 0.426 e. The highest BCUT2D eigenvalue weighted by atomic mass is 19.5. The molecule has 4 rings (SSSR count). The molecule has 0 spiro atoms. The van der Waals surface area contributed by atoms with E-state index in [2.05, 4.69) is 28.4 Å². The van der Waals surface area contributed by atoms with Gasteiger partial charge in [-0.15, -0.1) is 0 Å². The second kappa shape index (κ2) is 25.2. The molecule has 4 saturated carbocycles. The first-order chi connectivity index (χ1) is 39.9. The van der Waals surface area contributed by atoms with Crippen LogP contribution in [0.2, 0.25) is 0 Å². The normalized spacial score (nSPS) is 29.3. The first-order valence-corrected chi connectivity index (χ1v) is 25.9. The smallest absolute Gasteiger partial charge is 0.373 e. The van der Waals surface area contributed by atoms with E-state index >= 15 is 0 Å². The van der Waals surface area contributed by atoms with Gasteiger partial charge in [0.2, 0.25) is 0 Å². The third-order valence-electron chi connectivity index (χ3n) is 19.4. The van der Waals surface area contributed by atoms with E-state index in [4.69, 9.17) is 0 Å². The molecule has 0 amide bonds. The minimum atomic E-state index is -6.77. The van der Waals surface area contributed by atoms with Gasteiger partial charge in [0, 0.05) is 33.2 Å². The van der Waals surface area contributed by atoms with E-state index in [1.807, 2.05) is 0 Å². The number of methoxy groups -OCH3 is 3. The van der Waals surface area contributed by atoms with Gasteiger partial charge in [0.05, 0.1) is 0 Å². The minimum Gasteiger partial charge on any atom is -0.373 e. The number of rotatable bonds is 19. The Balaban J connectivity index is 0.000000476.